The third kappa shape index (κ3) is 4.74. The van der Waals surface area contributed by atoms with E-state index in [1.807, 2.05) is 0 Å². The predicted octanol–water partition coefficient (Wildman–Crippen LogP) is 4.71. The molecule has 0 saturated heterocycles. The molecule has 0 unspecified atom stereocenters. The van der Waals surface area contributed by atoms with Gasteiger partial charge in [0.25, 0.3) is 5.91 Å². The molecule has 0 bridgehead atoms. The molecular weight excluding hydrogens is 513 g/mol. The summed E-state index contributed by atoms with van der Waals surface area (Å²) in [4.78, 5) is 41.1. The smallest absolute Gasteiger partial charge is 0.368 e. The standard InChI is InChI=1S/C26H23F3N8O2/c1-14-4-6-18(11-21(14)37-13-17-12-32-24(30)34-22(17)35(3)25(37)39)33-23(38)16-5-7-20(19(10-16)26(27,28)29)36-9-8-31-15(36)2/h4-12H,13H2,1-3H3,(H,33,38)(H2,30,32,34). The fourth-order valence-electron chi connectivity index (χ4n) is 4.44. The molecule has 0 radical (unpaired) electrons. The van der Waals surface area contributed by atoms with E-state index in [4.69, 9.17) is 5.73 Å². The van der Waals surface area contributed by atoms with Gasteiger partial charge in [-0.15, -0.1) is 0 Å². The molecule has 4 aromatic rings. The Labute approximate surface area is 220 Å². The first-order chi connectivity index (χ1) is 18.4. The number of fused-ring (bicyclic) bond motifs is 1. The Hall–Kier alpha value is -4.94. The number of carbonyl (C=O) groups is 2. The van der Waals surface area contributed by atoms with Gasteiger partial charge in [0.1, 0.15) is 11.6 Å². The Bertz CT molecular complexity index is 1620. The Balaban J connectivity index is 1.44. The lowest BCUT2D eigenvalue weighted by molar-refractivity contribution is -0.137. The number of amides is 3. The van der Waals surface area contributed by atoms with Gasteiger partial charge in [-0.05, 0) is 49.7 Å². The monoisotopic (exact) mass is 536 g/mol. The molecule has 1 aliphatic rings. The number of carbonyl (C=O) groups excluding carboxylic acids is 2. The number of urea groups is 1. The molecule has 3 heterocycles. The van der Waals surface area contributed by atoms with Crippen LogP contribution in [0, 0.1) is 13.8 Å². The van der Waals surface area contributed by atoms with Crippen LogP contribution in [0.1, 0.15) is 32.9 Å². The lowest BCUT2D eigenvalue weighted by atomic mass is 10.1. The number of nitrogens with two attached hydrogens (primary N) is 1. The maximum Gasteiger partial charge on any atom is 0.418 e. The second-order valence-electron chi connectivity index (χ2n) is 9.03. The summed E-state index contributed by atoms with van der Waals surface area (Å²) in [6.45, 7) is 3.55. The maximum absolute atomic E-state index is 13.9. The number of nitrogens with one attached hydrogen (secondary N) is 1. The van der Waals surface area contributed by atoms with Crippen LogP contribution in [-0.4, -0.2) is 38.5 Å². The van der Waals surface area contributed by atoms with E-state index >= 15 is 0 Å². The van der Waals surface area contributed by atoms with Crippen LogP contribution in [0.4, 0.5) is 41.1 Å². The van der Waals surface area contributed by atoms with Gasteiger partial charge < -0.3 is 15.6 Å². The van der Waals surface area contributed by atoms with Crippen molar-refractivity contribution in [1.82, 2.24) is 19.5 Å². The SMILES string of the molecule is Cc1ccc(NC(=O)c2ccc(-n3ccnc3C)c(C(F)(F)F)c2)cc1N1Cc2cnc(N)nc2N(C)C1=O. The second kappa shape index (κ2) is 9.42. The van der Waals surface area contributed by atoms with Crippen molar-refractivity contribution in [3.8, 4) is 5.69 Å². The Morgan fingerprint density at radius 2 is 1.85 bits per heavy atom. The van der Waals surface area contributed by atoms with Gasteiger partial charge in [-0.3, -0.25) is 14.6 Å². The number of halogens is 3. The van der Waals surface area contributed by atoms with Gasteiger partial charge >= 0.3 is 12.2 Å². The largest absolute Gasteiger partial charge is 0.418 e. The van der Waals surface area contributed by atoms with Gasteiger partial charge in [0.15, 0.2) is 0 Å². The van der Waals surface area contributed by atoms with Gasteiger partial charge in [0.05, 0.1) is 23.5 Å². The lowest BCUT2D eigenvalue weighted by Crippen LogP contribution is -2.46. The number of hydrogen-bond acceptors (Lipinski definition) is 6. The number of hydrogen-bond donors (Lipinski definition) is 2. The highest BCUT2D eigenvalue weighted by Crippen LogP contribution is 2.36. The molecule has 1 aliphatic heterocycles. The molecular formula is C26H23F3N8O2. The molecule has 0 atom stereocenters. The van der Waals surface area contributed by atoms with E-state index in [0.29, 0.717) is 28.6 Å². The highest BCUT2D eigenvalue weighted by atomic mass is 19.4. The minimum atomic E-state index is -4.70. The number of rotatable bonds is 4. The van der Waals surface area contributed by atoms with Crippen LogP contribution >= 0.6 is 0 Å². The van der Waals surface area contributed by atoms with Crippen LogP contribution in [0.5, 0.6) is 0 Å². The minimum Gasteiger partial charge on any atom is -0.368 e. The summed E-state index contributed by atoms with van der Waals surface area (Å²) in [5.74, 6) is 0.0891. The van der Waals surface area contributed by atoms with E-state index in [-0.39, 0.29) is 29.8 Å². The third-order valence-corrected chi connectivity index (χ3v) is 6.43. The van der Waals surface area contributed by atoms with Crippen LogP contribution in [0.15, 0.2) is 55.0 Å². The topological polar surface area (TPSA) is 122 Å². The highest BCUT2D eigenvalue weighted by molar-refractivity contribution is 6.07. The Morgan fingerprint density at radius 1 is 1.08 bits per heavy atom. The van der Waals surface area contributed by atoms with Gasteiger partial charge in [0, 0.05) is 42.5 Å². The zero-order valence-electron chi connectivity index (χ0n) is 21.1. The summed E-state index contributed by atoms with van der Waals surface area (Å²) < 4.78 is 43.1. The average molecular weight is 537 g/mol. The molecule has 3 N–H and O–H groups in total. The maximum atomic E-state index is 13.9. The van der Waals surface area contributed by atoms with Crippen molar-refractivity contribution in [2.75, 3.05) is 27.9 Å². The third-order valence-electron chi connectivity index (χ3n) is 6.43. The van der Waals surface area contributed by atoms with Crippen LogP contribution < -0.4 is 20.9 Å². The number of imidazole rings is 1. The van der Waals surface area contributed by atoms with Crippen molar-refractivity contribution in [2.45, 2.75) is 26.6 Å². The molecule has 0 saturated carbocycles. The summed E-state index contributed by atoms with van der Waals surface area (Å²) in [5.41, 5.74) is 6.62. The molecule has 2 aromatic heterocycles. The van der Waals surface area contributed by atoms with Gasteiger partial charge in [-0.2, -0.15) is 18.2 Å². The molecule has 0 spiro atoms. The molecule has 0 aliphatic carbocycles. The summed E-state index contributed by atoms with van der Waals surface area (Å²) >= 11 is 0. The van der Waals surface area contributed by atoms with E-state index in [0.717, 1.165) is 11.6 Å². The second-order valence-corrected chi connectivity index (χ2v) is 9.03. The van der Waals surface area contributed by atoms with Crippen LogP contribution in [0.25, 0.3) is 5.69 Å². The summed E-state index contributed by atoms with van der Waals surface area (Å²) in [6.07, 6.45) is -0.338. The molecule has 2 aromatic carbocycles. The molecule has 0 fully saturated rings. The fourth-order valence-corrected chi connectivity index (χ4v) is 4.44. The fraction of sp³-hybridized carbons (Fsp3) is 0.192. The predicted molar refractivity (Wildman–Crippen MR) is 139 cm³/mol. The Morgan fingerprint density at radius 3 is 2.54 bits per heavy atom. The van der Waals surface area contributed by atoms with Crippen molar-refractivity contribution in [1.29, 1.82) is 0 Å². The van der Waals surface area contributed by atoms with Crippen molar-refractivity contribution >= 4 is 35.1 Å². The average Bonchev–Trinajstić information content (AvgIpc) is 3.32. The lowest BCUT2D eigenvalue weighted by Gasteiger charge is -2.34. The van der Waals surface area contributed by atoms with Gasteiger partial charge in [-0.1, -0.05) is 6.07 Å². The van der Waals surface area contributed by atoms with E-state index in [1.54, 1.807) is 45.3 Å². The highest BCUT2D eigenvalue weighted by Gasteiger charge is 2.35. The van der Waals surface area contributed by atoms with Crippen molar-refractivity contribution < 1.29 is 22.8 Å². The number of anilines is 4. The number of nitrogens with zero attached hydrogens (tertiary/aromatic N) is 6. The minimum absolute atomic E-state index is 0.0459. The Kier molecular flexibility index (Phi) is 6.21. The number of alkyl halides is 3. The van der Waals surface area contributed by atoms with Gasteiger partial charge in [0.2, 0.25) is 5.95 Å². The van der Waals surface area contributed by atoms with Crippen molar-refractivity contribution in [3.63, 3.8) is 0 Å². The normalized spacial score (nSPS) is 13.4. The van der Waals surface area contributed by atoms with Crippen LogP contribution in [0.3, 0.4) is 0 Å². The summed E-state index contributed by atoms with van der Waals surface area (Å²) in [5, 5.41) is 2.64. The van der Waals surface area contributed by atoms with Crippen LogP contribution in [-0.2, 0) is 12.7 Å². The number of nitrogen functional groups attached to an aromatic ring is 1. The molecule has 200 valence electrons. The van der Waals surface area contributed by atoms with E-state index in [2.05, 4.69) is 20.3 Å². The zero-order chi connectivity index (χ0) is 28.1. The van der Waals surface area contributed by atoms with Gasteiger partial charge in [-0.25, -0.2) is 14.8 Å². The van der Waals surface area contributed by atoms with Crippen molar-refractivity contribution in [2.24, 2.45) is 0 Å². The first kappa shape index (κ1) is 25.7. The van der Waals surface area contributed by atoms with E-state index in [1.165, 1.54) is 38.9 Å². The first-order valence-corrected chi connectivity index (χ1v) is 11.7. The molecule has 3 amide bonds. The molecule has 10 nitrogen and oxygen atoms in total. The zero-order valence-corrected chi connectivity index (χ0v) is 21.1. The number of benzene rings is 2. The molecule has 13 heteroatoms. The quantitative estimate of drug-likeness (QED) is 0.390. The molecule has 39 heavy (non-hydrogen) atoms. The first-order valence-electron chi connectivity index (χ1n) is 11.7. The van der Waals surface area contributed by atoms with Crippen LogP contribution in [0.2, 0.25) is 0 Å². The number of aryl methyl sites for hydroxylation is 2. The molecule has 5 rings (SSSR count). The summed E-state index contributed by atoms with van der Waals surface area (Å²) in [6, 6.07) is 7.91. The van der Waals surface area contributed by atoms with E-state index < -0.39 is 17.6 Å². The van der Waals surface area contributed by atoms with E-state index in [9.17, 15) is 22.8 Å². The van der Waals surface area contributed by atoms with Crippen molar-refractivity contribution in [3.05, 3.63) is 83.1 Å². The summed E-state index contributed by atoms with van der Waals surface area (Å²) in [7, 11) is 1.56. The number of aromatic nitrogens is 4.